The molecule has 1 aromatic carbocycles. The predicted molar refractivity (Wildman–Crippen MR) is 160 cm³/mol. The summed E-state index contributed by atoms with van der Waals surface area (Å²) >= 11 is 4.15. The Hall–Kier alpha value is -4.87. The fourth-order valence-corrected chi connectivity index (χ4v) is 4.02. The molecule has 17 nitrogen and oxygen atoms in total. The molecule has 18 heteroatoms. The normalized spacial score (nSPS) is 21.3. The molecule has 0 spiro atoms. The molecule has 0 bridgehead atoms. The highest BCUT2D eigenvalue weighted by molar-refractivity contribution is 7.80. The molecule has 44 heavy (non-hydrogen) atoms. The Labute approximate surface area is 258 Å². The minimum absolute atomic E-state index is 0.000516. The van der Waals surface area contributed by atoms with E-state index in [-0.39, 0.29) is 31.1 Å². The Balaban J connectivity index is 0.00000227. The summed E-state index contributed by atoms with van der Waals surface area (Å²) in [6.45, 7) is 0.643. The molecule has 5 amide bonds. The minimum atomic E-state index is -1.55. The third-order valence-electron chi connectivity index (χ3n) is 5.76. The van der Waals surface area contributed by atoms with Gasteiger partial charge in [0.05, 0.1) is 13.0 Å². The second kappa shape index (κ2) is 19.3. The lowest BCUT2D eigenvalue weighted by molar-refractivity contribution is -0.141. The van der Waals surface area contributed by atoms with E-state index in [0.29, 0.717) is 12.0 Å². The molecule has 1 heterocycles. The van der Waals surface area contributed by atoms with Crippen LogP contribution in [0.1, 0.15) is 31.7 Å². The first-order valence-corrected chi connectivity index (χ1v) is 14.0. The Kier molecular flexibility index (Phi) is 16.3. The van der Waals surface area contributed by atoms with E-state index in [2.05, 4.69) is 44.2 Å². The predicted octanol–water partition coefficient (Wildman–Crippen LogP) is -3.15. The number of aliphatic carboxylic acids is 2. The number of hydrogen-bond donors (Lipinski definition) is 10. The van der Waals surface area contributed by atoms with Crippen molar-refractivity contribution in [1.82, 2.24) is 26.6 Å². The first-order valence-electron chi connectivity index (χ1n) is 13.3. The van der Waals surface area contributed by atoms with Gasteiger partial charge in [0.1, 0.15) is 24.2 Å². The van der Waals surface area contributed by atoms with Crippen LogP contribution in [-0.4, -0.2) is 101 Å². The topological polar surface area (TPSA) is 284 Å². The summed E-state index contributed by atoms with van der Waals surface area (Å²) in [4.78, 5) is 88.9. The van der Waals surface area contributed by atoms with Crippen molar-refractivity contribution in [2.75, 3.05) is 18.8 Å². The molecule has 0 aromatic heterocycles. The van der Waals surface area contributed by atoms with Crippen LogP contribution < -0.4 is 38.1 Å². The molecule has 0 saturated carbocycles. The average Bonchev–Trinajstić information content (AvgIpc) is 2.94. The maximum Gasteiger partial charge on any atom is 0.305 e. The molecule has 1 aliphatic heterocycles. The lowest BCUT2D eigenvalue weighted by Crippen LogP contribution is -2.58. The molecule has 0 aliphatic carbocycles. The highest BCUT2D eigenvalue weighted by Crippen LogP contribution is 2.07. The summed E-state index contributed by atoms with van der Waals surface area (Å²) in [5, 5.41) is 28.9. The average molecular weight is 639 g/mol. The number of aliphatic imine (C=N–C) groups is 1. The van der Waals surface area contributed by atoms with Crippen LogP contribution >= 0.6 is 12.6 Å². The molecular formula is C26H38N8O9S. The van der Waals surface area contributed by atoms with E-state index in [4.69, 9.17) is 21.4 Å². The maximum absolute atomic E-state index is 13.3. The molecule has 1 aromatic rings. The molecule has 0 radical (unpaired) electrons. The zero-order valence-electron chi connectivity index (χ0n) is 23.9. The van der Waals surface area contributed by atoms with Crippen LogP contribution in [0.5, 0.6) is 0 Å². The van der Waals surface area contributed by atoms with E-state index in [0.717, 1.165) is 6.92 Å². The van der Waals surface area contributed by atoms with Gasteiger partial charge < -0.3 is 48.3 Å². The summed E-state index contributed by atoms with van der Waals surface area (Å²) < 4.78 is 0. The third-order valence-corrected chi connectivity index (χ3v) is 6.13. The summed E-state index contributed by atoms with van der Waals surface area (Å²) in [6.07, 6.45) is -0.404. The van der Waals surface area contributed by atoms with Crippen molar-refractivity contribution in [3.05, 3.63) is 35.9 Å². The number of rotatable bonds is 9. The van der Waals surface area contributed by atoms with E-state index in [9.17, 15) is 33.9 Å². The number of carboxylic acids is 2. The highest BCUT2D eigenvalue weighted by atomic mass is 32.1. The van der Waals surface area contributed by atoms with Gasteiger partial charge >= 0.3 is 5.97 Å². The van der Waals surface area contributed by atoms with Crippen LogP contribution in [0.3, 0.4) is 0 Å². The minimum Gasteiger partial charge on any atom is -0.481 e. The van der Waals surface area contributed by atoms with Crippen molar-refractivity contribution in [3.63, 3.8) is 0 Å². The quantitative estimate of drug-likeness (QED) is 0.0558. The third kappa shape index (κ3) is 14.9. The molecule has 4 unspecified atom stereocenters. The van der Waals surface area contributed by atoms with Crippen LogP contribution in [0.25, 0.3) is 0 Å². The summed E-state index contributed by atoms with van der Waals surface area (Å²) in [6, 6.07) is 3.56. The van der Waals surface area contributed by atoms with Crippen molar-refractivity contribution in [3.8, 4) is 0 Å². The molecule has 4 atom stereocenters. The zero-order chi connectivity index (χ0) is 33.2. The summed E-state index contributed by atoms with van der Waals surface area (Å²) in [5.41, 5.74) is 11.3. The maximum atomic E-state index is 13.3. The van der Waals surface area contributed by atoms with Crippen LogP contribution in [0.4, 0.5) is 0 Å². The van der Waals surface area contributed by atoms with Crippen LogP contribution in [-0.2, 0) is 40.0 Å². The van der Waals surface area contributed by atoms with Gasteiger partial charge in [0, 0.05) is 25.6 Å². The lowest BCUT2D eigenvalue weighted by Gasteiger charge is -2.25. The molecule has 1 aliphatic rings. The number of thiol groups is 1. The second-order valence-electron chi connectivity index (χ2n) is 9.46. The second-order valence-corrected chi connectivity index (χ2v) is 9.82. The standard InChI is InChI=1S/C24H34N8O7S.C2H4O2/c25-24(26)27-8-4-7-14-20(36)28-11-18(33)29-16(10-19(34)35)22(38)31-15(9-13-5-2-1-3-6-13)21(37)32-17(12-40)23(39)30-14;1-2(3)4/h1-3,5-6,14-17,40H,4,7-12H2,(H,28,36)(H,29,33)(H,30,39)(H,31,38)(H,32,37)(H,34,35)(H4,25,26,27);1H3,(H,3,4). The monoisotopic (exact) mass is 638 g/mol. The van der Waals surface area contributed by atoms with Crippen LogP contribution in [0.15, 0.2) is 35.3 Å². The number of nitrogens with one attached hydrogen (secondary N) is 5. The van der Waals surface area contributed by atoms with E-state index in [1.54, 1.807) is 30.3 Å². The molecule has 2 rings (SSSR count). The van der Waals surface area contributed by atoms with Gasteiger partial charge in [-0.2, -0.15) is 12.6 Å². The number of guanidine groups is 1. The first-order chi connectivity index (χ1) is 20.7. The van der Waals surface area contributed by atoms with E-state index in [1.807, 2.05) is 0 Å². The van der Waals surface area contributed by atoms with Crippen molar-refractivity contribution < 1.29 is 43.8 Å². The van der Waals surface area contributed by atoms with Crippen molar-refractivity contribution in [2.45, 2.75) is 56.8 Å². The van der Waals surface area contributed by atoms with E-state index in [1.165, 1.54) is 0 Å². The number of hydrogen-bond acceptors (Lipinski definition) is 9. The summed E-state index contributed by atoms with van der Waals surface area (Å²) in [5.74, 6) is -6.49. The number of carbonyl (C=O) groups excluding carboxylic acids is 5. The largest absolute Gasteiger partial charge is 0.481 e. The van der Waals surface area contributed by atoms with Gasteiger partial charge in [-0.25, -0.2) is 0 Å². The van der Waals surface area contributed by atoms with Gasteiger partial charge in [-0.1, -0.05) is 30.3 Å². The van der Waals surface area contributed by atoms with Gasteiger partial charge in [-0.05, 0) is 18.4 Å². The van der Waals surface area contributed by atoms with Crippen LogP contribution in [0.2, 0.25) is 0 Å². The SMILES string of the molecule is CC(=O)O.NC(N)=NCCCC1NC(=O)C(CS)NC(=O)C(Cc2ccccc2)NC(=O)C(CC(=O)O)NC(=O)CNC1=O. The van der Waals surface area contributed by atoms with Gasteiger partial charge in [0.25, 0.3) is 5.97 Å². The lowest BCUT2D eigenvalue weighted by atomic mass is 10.0. The Morgan fingerprint density at radius 3 is 1.98 bits per heavy atom. The van der Waals surface area contributed by atoms with Crippen molar-refractivity contribution >= 4 is 60.1 Å². The smallest absolute Gasteiger partial charge is 0.305 e. The Morgan fingerprint density at radius 2 is 1.41 bits per heavy atom. The van der Waals surface area contributed by atoms with Gasteiger partial charge in [0.2, 0.25) is 29.5 Å². The molecule has 242 valence electrons. The fraction of sp³-hybridized carbons (Fsp3) is 0.462. The number of benzene rings is 1. The Morgan fingerprint density at radius 1 is 0.864 bits per heavy atom. The number of nitrogens with zero attached hydrogens (tertiary/aromatic N) is 1. The van der Waals surface area contributed by atoms with Gasteiger partial charge in [-0.3, -0.25) is 38.6 Å². The highest BCUT2D eigenvalue weighted by Gasteiger charge is 2.32. The molecule has 11 N–H and O–H groups in total. The Bertz CT molecular complexity index is 1210. The molecule has 1 fully saturated rings. The molecular weight excluding hydrogens is 600 g/mol. The fourth-order valence-electron chi connectivity index (χ4n) is 3.76. The number of carbonyl (C=O) groups is 7. The number of carboxylic acid groups (broad SMARTS) is 2. The zero-order valence-corrected chi connectivity index (χ0v) is 24.8. The van der Waals surface area contributed by atoms with Crippen molar-refractivity contribution in [2.24, 2.45) is 16.5 Å². The van der Waals surface area contributed by atoms with Crippen LogP contribution in [0, 0.1) is 0 Å². The van der Waals surface area contributed by atoms with E-state index >= 15 is 0 Å². The summed E-state index contributed by atoms with van der Waals surface area (Å²) in [7, 11) is 0. The number of nitrogens with two attached hydrogens (primary N) is 2. The number of amides is 5. The van der Waals surface area contributed by atoms with Gasteiger partial charge in [0.15, 0.2) is 5.96 Å². The van der Waals surface area contributed by atoms with Crippen molar-refractivity contribution in [1.29, 1.82) is 0 Å². The molecule has 1 saturated heterocycles. The first kappa shape index (κ1) is 37.2. The van der Waals surface area contributed by atoms with Gasteiger partial charge in [-0.15, -0.1) is 0 Å². The van der Waals surface area contributed by atoms with E-state index < -0.39 is 78.6 Å².